The van der Waals surface area contributed by atoms with Crippen LogP contribution in [0.4, 0.5) is 0 Å². The summed E-state index contributed by atoms with van der Waals surface area (Å²) in [5.41, 5.74) is -0.551. The highest BCUT2D eigenvalue weighted by Crippen LogP contribution is 2.40. The van der Waals surface area contributed by atoms with Gasteiger partial charge < -0.3 is 9.47 Å². The van der Waals surface area contributed by atoms with Crippen molar-refractivity contribution >= 4 is 11.9 Å². The van der Waals surface area contributed by atoms with E-state index in [9.17, 15) is 9.59 Å². The van der Waals surface area contributed by atoms with Gasteiger partial charge >= 0.3 is 11.9 Å². The average Bonchev–Trinajstić information content (AvgIpc) is 2.86. The van der Waals surface area contributed by atoms with Gasteiger partial charge in [0.25, 0.3) is 0 Å². The Bertz CT molecular complexity index is 344. The van der Waals surface area contributed by atoms with E-state index in [0.29, 0.717) is 12.8 Å². The fourth-order valence-corrected chi connectivity index (χ4v) is 3.00. The van der Waals surface area contributed by atoms with Crippen molar-refractivity contribution in [3.63, 3.8) is 0 Å². The second-order valence-electron chi connectivity index (χ2n) is 5.87. The molecule has 4 nitrogen and oxygen atoms in total. The lowest BCUT2D eigenvalue weighted by Gasteiger charge is -2.40. The minimum atomic E-state index is -0.551. The molecular formula is C15H24O4. The normalized spacial score (nSPS) is 27.7. The van der Waals surface area contributed by atoms with Gasteiger partial charge in [0.15, 0.2) is 0 Å². The topological polar surface area (TPSA) is 52.6 Å². The molecule has 19 heavy (non-hydrogen) atoms. The molecule has 0 radical (unpaired) electrons. The van der Waals surface area contributed by atoms with E-state index < -0.39 is 5.60 Å². The molecule has 2 atom stereocenters. The number of hydrogen-bond acceptors (Lipinski definition) is 4. The lowest BCUT2D eigenvalue weighted by Crippen LogP contribution is -2.48. The first-order chi connectivity index (χ1) is 9.07. The molecule has 0 aromatic rings. The summed E-state index contributed by atoms with van der Waals surface area (Å²) in [5.74, 6) is -0.391. The fraction of sp³-hybridized carbons (Fsp3) is 0.867. The molecule has 2 aliphatic rings. The Morgan fingerprint density at radius 3 is 2.63 bits per heavy atom. The predicted molar refractivity (Wildman–Crippen MR) is 70.5 cm³/mol. The predicted octanol–water partition coefficient (Wildman–Crippen LogP) is 2.98. The quantitative estimate of drug-likeness (QED) is 0.735. The summed E-state index contributed by atoms with van der Waals surface area (Å²) in [6.45, 7) is 3.87. The van der Waals surface area contributed by atoms with Gasteiger partial charge in [0, 0.05) is 6.42 Å². The van der Waals surface area contributed by atoms with Gasteiger partial charge in [-0.25, -0.2) is 0 Å². The molecule has 108 valence electrons. The van der Waals surface area contributed by atoms with Gasteiger partial charge in [0.2, 0.25) is 0 Å². The first-order valence-electron chi connectivity index (χ1n) is 7.50. The van der Waals surface area contributed by atoms with Crippen molar-refractivity contribution in [3.05, 3.63) is 0 Å². The van der Waals surface area contributed by atoms with E-state index in [1.165, 1.54) is 6.42 Å². The van der Waals surface area contributed by atoms with Crippen LogP contribution in [0.15, 0.2) is 0 Å². The molecule has 1 saturated carbocycles. The second-order valence-corrected chi connectivity index (χ2v) is 5.87. The molecule has 2 unspecified atom stereocenters. The average molecular weight is 268 g/mol. The molecule has 0 aromatic carbocycles. The first-order valence-corrected chi connectivity index (χ1v) is 7.50. The Balaban J connectivity index is 2.10. The van der Waals surface area contributed by atoms with Gasteiger partial charge in [-0.05, 0) is 38.5 Å². The third-order valence-electron chi connectivity index (χ3n) is 4.49. The Kier molecular flexibility index (Phi) is 4.48. The van der Waals surface area contributed by atoms with Crippen molar-refractivity contribution in [2.24, 2.45) is 5.92 Å². The number of carbonyl (C=O) groups excluding carboxylic acids is 2. The van der Waals surface area contributed by atoms with Crippen molar-refractivity contribution in [2.75, 3.05) is 0 Å². The zero-order chi connectivity index (χ0) is 13.9. The van der Waals surface area contributed by atoms with E-state index >= 15 is 0 Å². The maximum atomic E-state index is 12.1. The Morgan fingerprint density at radius 1 is 1.42 bits per heavy atom. The van der Waals surface area contributed by atoms with Crippen LogP contribution in [0.1, 0.15) is 65.2 Å². The molecule has 0 spiro atoms. The van der Waals surface area contributed by atoms with Gasteiger partial charge in [-0.15, -0.1) is 0 Å². The van der Waals surface area contributed by atoms with E-state index in [-0.39, 0.29) is 24.0 Å². The molecule has 0 amide bonds. The largest absolute Gasteiger partial charge is 0.458 e. The number of cyclic esters (lactones) is 1. The SMILES string of the molecule is CCC(C)C(=O)OC1(C2CCC(=O)O2)CCCCC1. The van der Waals surface area contributed by atoms with Crippen LogP contribution in [0, 0.1) is 5.92 Å². The van der Waals surface area contributed by atoms with Crippen LogP contribution in [0.5, 0.6) is 0 Å². The van der Waals surface area contributed by atoms with Gasteiger partial charge in [0.1, 0.15) is 11.7 Å². The summed E-state index contributed by atoms with van der Waals surface area (Å²) >= 11 is 0. The Morgan fingerprint density at radius 2 is 2.11 bits per heavy atom. The molecule has 1 aliphatic heterocycles. The van der Waals surface area contributed by atoms with E-state index in [2.05, 4.69) is 0 Å². The van der Waals surface area contributed by atoms with Crippen molar-refractivity contribution in [2.45, 2.75) is 76.9 Å². The summed E-state index contributed by atoms with van der Waals surface area (Å²) in [6, 6.07) is 0. The molecule has 1 heterocycles. The molecule has 1 saturated heterocycles. The van der Waals surface area contributed by atoms with E-state index in [1.54, 1.807) is 0 Å². The number of carbonyl (C=O) groups is 2. The van der Waals surface area contributed by atoms with Crippen LogP contribution in [-0.2, 0) is 19.1 Å². The monoisotopic (exact) mass is 268 g/mol. The second kappa shape index (κ2) is 5.93. The fourth-order valence-electron chi connectivity index (χ4n) is 3.00. The molecule has 2 rings (SSSR count). The first kappa shape index (κ1) is 14.4. The van der Waals surface area contributed by atoms with Crippen LogP contribution in [0.2, 0.25) is 0 Å². The molecule has 0 aromatic heterocycles. The summed E-state index contributed by atoms with van der Waals surface area (Å²) in [6.07, 6.45) is 6.60. The third-order valence-corrected chi connectivity index (χ3v) is 4.49. The highest BCUT2D eigenvalue weighted by Gasteiger charge is 2.48. The number of esters is 2. The number of hydrogen-bond donors (Lipinski definition) is 0. The molecule has 0 bridgehead atoms. The number of ether oxygens (including phenoxy) is 2. The highest BCUT2D eigenvalue weighted by atomic mass is 16.6. The number of rotatable bonds is 4. The van der Waals surface area contributed by atoms with E-state index in [4.69, 9.17) is 9.47 Å². The minimum absolute atomic E-state index is 0.0871. The van der Waals surface area contributed by atoms with Crippen LogP contribution in [0.25, 0.3) is 0 Å². The molecule has 2 fully saturated rings. The third kappa shape index (κ3) is 3.10. The summed E-state index contributed by atoms with van der Waals surface area (Å²) in [4.78, 5) is 23.5. The standard InChI is InChI=1S/C15H24O4/c1-3-11(2)14(17)19-15(9-5-4-6-10-15)12-7-8-13(16)18-12/h11-12H,3-10H2,1-2H3. The summed E-state index contributed by atoms with van der Waals surface area (Å²) < 4.78 is 11.3. The van der Waals surface area contributed by atoms with Crippen molar-refractivity contribution in [1.82, 2.24) is 0 Å². The molecule has 1 aliphatic carbocycles. The summed E-state index contributed by atoms with van der Waals surface area (Å²) in [5, 5.41) is 0. The summed E-state index contributed by atoms with van der Waals surface area (Å²) in [7, 11) is 0. The lowest BCUT2D eigenvalue weighted by atomic mass is 9.79. The van der Waals surface area contributed by atoms with Crippen molar-refractivity contribution in [1.29, 1.82) is 0 Å². The smallest absolute Gasteiger partial charge is 0.309 e. The maximum absolute atomic E-state index is 12.1. The minimum Gasteiger partial charge on any atom is -0.458 e. The van der Waals surface area contributed by atoms with Crippen molar-refractivity contribution < 1.29 is 19.1 Å². The van der Waals surface area contributed by atoms with Crippen LogP contribution in [-0.4, -0.2) is 23.6 Å². The van der Waals surface area contributed by atoms with Crippen LogP contribution < -0.4 is 0 Å². The van der Waals surface area contributed by atoms with Crippen LogP contribution >= 0.6 is 0 Å². The van der Waals surface area contributed by atoms with Gasteiger partial charge in [-0.2, -0.15) is 0 Å². The zero-order valence-corrected chi connectivity index (χ0v) is 11.9. The maximum Gasteiger partial charge on any atom is 0.309 e. The zero-order valence-electron chi connectivity index (χ0n) is 11.9. The lowest BCUT2D eigenvalue weighted by molar-refractivity contribution is -0.188. The van der Waals surface area contributed by atoms with Gasteiger partial charge in [-0.1, -0.05) is 20.3 Å². The highest BCUT2D eigenvalue weighted by molar-refractivity contribution is 5.73. The van der Waals surface area contributed by atoms with Gasteiger partial charge in [-0.3, -0.25) is 9.59 Å². The molecular weight excluding hydrogens is 244 g/mol. The van der Waals surface area contributed by atoms with E-state index in [0.717, 1.165) is 32.1 Å². The van der Waals surface area contributed by atoms with Crippen LogP contribution in [0.3, 0.4) is 0 Å². The Labute approximate surface area is 114 Å². The molecule has 4 heteroatoms. The molecule has 0 N–H and O–H groups in total. The van der Waals surface area contributed by atoms with E-state index in [1.807, 2.05) is 13.8 Å². The van der Waals surface area contributed by atoms with Crippen molar-refractivity contribution in [3.8, 4) is 0 Å². The Hall–Kier alpha value is -1.06. The van der Waals surface area contributed by atoms with Gasteiger partial charge in [0.05, 0.1) is 5.92 Å².